The van der Waals surface area contributed by atoms with Crippen LogP contribution in [0.4, 0.5) is 68.2 Å². The molecule has 0 amide bonds. The maximum Gasteiger partial charge on any atom is 0.0640 e. The lowest BCUT2D eigenvalue weighted by Gasteiger charge is -2.29. The van der Waals surface area contributed by atoms with Crippen molar-refractivity contribution in [2.75, 3.05) is 19.6 Å². The first-order valence-corrected chi connectivity index (χ1v) is 42.1. The van der Waals surface area contributed by atoms with Gasteiger partial charge in [0.05, 0.1) is 41.5 Å². The first kappa shape index (κ1) is 70.7. The molecule has 0 unspecified atom stereocenters. The molecule has 0 saturated carbocycles. The lowest BCUT2D eigenvalue weighted by molar-refractivity contribution is 0.660. The number of anilines is 12. The quantitative estimate of drug-likeness (QED) is 0.0901. The summed E-state index contributed by atoms with van der Waals surface area (Å²) < 4.78 is 10.3. The van der Waals surface area contributed by atoms with E-state index in [9.17, 15) is 0 Å². The van der Waals surface area contributed by atoms with Gasteiger partial charge in [-0.05, 0) is 201 Å². The number of thiophene rings is 4. The Balaban J connectivity index is 0.000000149. The first-order chi connectivity index (χ1) is 56.6. The van der Waals surface area contributed by atoms with Crippen molar-refractivity contribution in [1.29, 1.82) is 0 Å². The fourth-order valence-electron chi connectivity index (χ4n) is 17.1. The molecule has 548 valence electrons. The molecule has 16 aromatic carbocycles. The van der Waals surface area contributed by atoms with Gasteiger partial charge in [0, 0.05) is 113 Å². The minimum Gasteiger partial charge on any atom is -0.309 e. The maximum absolute atomic E-state index is 4.11. The Morgan fingerprint density at radius 1 is 0.226 bits per heavy atom. The van der Waals surface area contributed by atoms with Gasteiger partial charge in [-0.25, -0.2) is 0 Å². The predicted octanol–water partition coefficient (Wildman–Crippen LogP) is 33.3. The molecule has 0 radical (unpaired) electrons. The Morgan fingerprint density at radius 3 is 0.739 bits per heavy atom. The molecule has 0 bridgehead atoms. The molecule has 1 aliphatic rings. The molecule has 0 aliphatic heterocycles. The van der Waals surface area contributed by atoms with Crippen LogP contribution in [0.15, 0.2) is 378 Å². The average Bonchev–Trinajstić information content (AvgIpc) is 1.58. The number of fused-ring (bicyclic) bond motifs is 15. The van der Waals surface area contributed by atoms with Crippen LogP contribution in [-0.4, -0.2) is 0 Å². The monoisotopic (exact) mass is 1540 g/mol. The van der Waals surface area contributed by atoms with Crippen molar-refractivity contribution in [3.05, 3.63) is 412 Å². The van der Waals surface area contributed by atoms with Crippen LogP contribution < -0.4 is 19.6 Å². The minimum absolute atomic E-state index is 0.271. The second-order valence-electron chi connectivity index (χ2n) is 29.7. The van der Waals surface area contributed by atoms with E-state index in [1.165, 1.54) is 114 Å². The first-order valence-electron chi connectivity index (χ1n) is 38.8. The van der Waals surface area contributed by atoms with Crippen LogP contribution in [0.1, 0.15) is 47.2 Å². The number of nitrogens with zero attached hydrogens (tertiary/aromatic N) is 4. The molecule has 0 fully saturated rings. The summed E-state index contributed by atoms with van der Waals surface area (Å²) in [5.41, 5.74) is 25.2. The fourth-order valence-corrected chi connectivity index (χ4v) is 21.9. The Bertz CT molecular complexity index is 6840. The van der Waals surface area contributed by atoms with E-state index in [4.69, 9.17) is 0 Å². The Kier molecular flexibility index (Phi) is 18.0. The van der Waals surface area contributed by atoms with Crippen LogP contribution in [0.25, 0.3) is 127 Å². The van der Waals surface area contributed by atoms with Gasteiger partial charge in [0.1, 0.15) is 0 Å². The molecule has 8 heteroatoms. The third-order valence-electron chi connectivity index (χ3n) is 22.7. The molecule has 0 spiro atoms. The molecule has 115 heavy (non-hydrogen) atoms. The van der Waals surface area contributed by atoms with E-state index in [0.717, 1.165) is 90.3 Å². The molecule has 4 nitrogen and oxygen atoms in total. The van der Waals surface area contributed by atoms with E-state index in [-0.39, 0.29) is 5.41 Å². The predicted molar refractivity (Wildman–Crippen MR) is 507 cm³/mol. The highest BCUT2D eigenvalue weighted by Crippen LogP contribution is 2.56. The highest BCUT2D eigenvalue weighted by atomic mass is 32.1. The molecule has 4 heterocycles. The van der Waals surface area contributed by atoms with Gasteiger partial charge in [0.15, 0.2) is 0 Å². The van der Waals surface area contributed by atoms with Gasteiger partial charge in [0.25, 0.3) is 0 Å². The van der Waals surface area contributed by atoms with Crippen molar-refractivity contribution >= 4 is 219 Å². The van der Waals surface area contributed by atoms with Crippen molar-refractivity contribution < 1.29 is 0 Å². The standard InChI is InChI=1S/C55H40N2S2.C52H36N2S2/c1-5-35-15-11-17-37(31-35)56(49-23-13-21-45-43-19-7-9-25-51(43)58-53(45)49)39-27-29-41-42-30-28-40(34-48(42)55(3,4)47(41)33-39)57(38-18-12-16-36(6-2)32-38)50-24-14-22-46-44-20-8-10-26-52(44)59-54(46)50;1-3-35-13-9-15-41(33-35)53(47-21-11-19-45-43-17-5-7-23-49(43)55-51(45)47)39-29-25-37(26-30-39)38-27-31-40(32-28-38)54(42-16-10-14-36(4-2)34-42)48-22-12-20-46-44-18-6-8-24-50(44)56-52(46)48/h5-34H,1-2H2,3-4H3;3-34H,1-2H2. The molecule has 0 N–H and O–H groups in total. The largest absolute Gasteiger partial charge is 0.309 e. The molecule has 20 aromatic rings. The van der Waals surface area contributed by atoms with Crippen LogP contribution in [0.3, 0.4) is 0 Å². The second kappa shape index (κ2) is 29.3. The van der Waals surface area contributed by atoms with Gasteiger partial charge in [-0.1, -0.05) is 271 Å². The molecule has 21 rings (SSSR count). The maximum atomic E-state index is 4.11. The summed E-state index contributed by atoms with van der Waals surface area (Å²) in [6, 6.07) is 128. The summed E-state index contributed by atoms with van der Waals surface area (Å²) >= 11 is 7.43. The van der Waals surface area contributed by atoms with Crippen LogP contribution in [-0.2, 0) is 5.41 Å². The van der Waals surface area contributed by atoms with Gasteiger partial charge >= 0.3 is 0 Å². The smallest absolute Gasteiger partial charge is 0.0640 e. The number of benzene rings is 16. The highest BCUT2D eigenvalue weighted by molar-refractivity contribution is 7.27. The van der Waals surface area contributed by atoms with Crippen LogP contribution >= 0.6 is 45.3 Å². The van der Waals surface area contributed by atoms with Crippen molar-refractivity contribution in [2.45, 2.75) is 19.3 Å². The third kappa shape index (κ3) is 12.4. The van der Waals surface area contributed by atoms with Crippen molar-refractivity contribution in [3.8, 4) is 22.3 Å². The summed E-state index contributed by atoms with van der Waals surface area (Å²) in [6.45, 7) is 21.1. The number of hydrogen-bond acceptors (Lipinski definition) is 8. The summed E-state index contributed by atoms with van der Waals surface area (Å²) in [5, 5.41) is 10.3. The molecule has 1 aliphatic carbocycles. The summed E-state index contributed by atoms with van der Waals surface area (Å²) in [5.74, 6) is 0. The van der Waals surface area contributed by atoms with Crippen molar-refractivity contribution in [3.63, 3.8) is 0 Å². The van der Waals surface area contributed by atoms with Gasteiger partial charge in [0.2, 0.25) is 0 Å². The third-order valence-corrected chi connectivity index (χ3v) is 27.5. The van der Waals surface area contributed by atoms with Crippen LogP contribution in [0.2, 0.25) is 0 Å². The Hall–Kier alpha value is -13.4. The van der Waals surface area contributed by atoms with Gasteiger partial charge in [-0.3, -0.25) is 0 Å². The molecular formula is C107H76N4S4. The summed E-state index contributed by atoms with van der Waals surface area (Å²) in [6.07, 6.45) is 7.68. The van der Waals surface area contributed by atoms with Crippen LogP contribution in [0.5, 0.6) is 0 Å². The van der Waals surface area contributed by atoms with Gasteiger partial charge in [-0.15, -0.1) is 45.3 Å². The topological polar surface area (TPSA) is 13.0 Å². The van der Waals surface area contributed by atoms with E-state index in [1.807, 2.05) is 69.7 Å². The number of rotatable bonds is 17. The molecular weight excluding hydrogens is 1470 g/mol. The van der Waals surface area contributed by atoms with E-state index >= 15 is 0 Å². The Labute approximate surface area is 685 Å². The van der Waals surface area contributed by atoms with Crippen molar-refractivity contribution in [2.24, 2.45) is 0 Å². The molecule has 0 saturated heterocycles. The second-order valence-corrected chi connectivity index (χ2v) is 33.9. The SMILES string of the molecule is C=Cc1cccc(N(c2ccc(-c3ccc(N(c4cccc(C=C)c4)c4cccc5c4sc4ccccc45)cc3)cc2)c2cccc3c2sc2ccccc23)c1.C=Cc1cccc(N(c2ccc3c(c2)C(C)(C)c2cc(N(c4cccc(C=C)c4)c4cccc5c4sc4ccccc45)ccc2-3)c2cccc3c2sc2ccccc23)c1. The van der Waals surface area contributed by atoms with Gasteiger partial charge < -0.3 is 19.6 Å². The lowest BCUT2D eigenvalue weighted by Crippen LogP contribution is -2.17. The van der Waals surface area contributed by atoms with E-state index in [0.29, 0.717) is 0 Å². The normalized spacial score (nSPS) is 12.1. The fraction of sp³-hybridized carbons (Fsp3) is 0.0280. The van der Waals surface area contributed by atoms with E-state index < -0.39 is 0 Å². The molecule has 0 atom stereocenters. The average molecular weight is 1550 g/mol. The highest BCUT2D eigenvalue weighted by Gasteiger charge is 2.38. The Morgan fingerprint density at radius 2 is 0.461 bits per heavy atom. The van der Waals surface area contributed by atoms with E-state index in [2.05, 4.69) is 412 Å². The van der Waals surface area contributed by atoms with E-state index in [1.54, 1.807) is 0 Å². The zero-order chi connectivity index (χ0) is 77.4. The van der Waals surface area contributed by atoms with Crippen molar-refractivity contribution in [1.82, 2.24) is 0 Å². The zero-order valence-electron chi connectivity index (χ0n) is 63.5. The lowest BCUT2D eigenvalue weighted by atomic mass is 9.82. The minimum atomic E-state index is -0.271. The summed E-state index contributed by atoms with van der Waals surface area (Å²) in [4.78, 5) is 9.63. The molecule has 4 aromatic heterocycles. The number of hydrogen-bond donors (Lipinski definition) is 0. The zero-order valence-corrected chi connectivity index (χ0v) is 66.8. The van der Waals surface area contributed by atoms with Crippen LogP contribution in [0, 0.1) is 0 Å². The van der Waals surface area contributed by atoms with Gasteiger partial charge in [-0.2, -0.15) is 0 Å². The summed E-state index contributed by atoms with van der Waals surface area (Å²) in [7, 11) is 0.